The number of aliphatic hydroxyl groups excluding tert-OH is 1. The van der Waals surface area contributed by atoms with Gasteiger partial charge in [-0.15, -0.1) is 0 Å². The molecule has 1 amide bonds. The molecule has 0 atom stereocenters. The minimum atomic E-state index is -4.04. The van der Waals surface area contributed by atoms with Gasteiger partial charge in [0, 0.05) is 15.1 Å². The van der Waals surface area contributed by atoms with Gasteiger partial charge in [-0.25, -0.2) is 13.2 Å². The third kappa shape index (κ3) is 4.47. The second kappa shape index (κ2) is 6.59. The number of amides is 1. The molecule has 0 aromatic heterocycles. The number of rotatable bonds is 5. The Bertz CT molecular complexity index is 592. The van der Waals surface area contributed by atoms with Crippen molar-refractivity contribution < 1.29 is 23.1 Å². The summed E-state index contributed by atoms with van der Waals surface area (Å²) in [6.45, 7) is -0.439. The van der Waals surface area contributed by atoms with Crippen molar-refractivity contribution in [3.63, 3.8) is 0 Å². The standard InChI is InChI=1S/C9H10N4O5S/c10-12-13-19(16,17)8-3-1-7(2-4-8)11-9(15)18-6-5-14/h1-4,14H,5-6H2,(H,11,15). The maximum absolute atomic E-state index is 11.3. The number of benzene rings is 1. The molecule has 0 radical (unpaired) electrons. The third-order valence-electron chi connectivity index (χ3n) is 1.87. The number of anilines is 1. The van der Waals surface area contributed by atoms with Crippen molar-refractivity contribution in [2.45, 2.75) is 4.90 Å². The molecule has 0 aliphatic heterocycles. The van der Waals surface area contributed by atoms with Crippen molar-refractivity contribution in [3.05, 3.63) is 34.7 Å². The van der Waals surface area contributed by atoms with Crippen LogP contribution in [0.15, 0.2) is 33.7 Å². The molecule has 0 aliphatic rings. The molecule has 0 aliphatic carbocycles. The highest BCUT2D eigenvalue weighted by molar-refractivity contribution is 7.90. The fourth-order valence-corrected chi connectivity index (χ4v) is 1.77. The molecular formula is C9H10N4O5S. The average Bonchev–Trinajstić information content (AvgIpc) is 2.37. The van der Waals surface area contributed by atoms with Gasteiger partial charge >= 0.3 is 6.09 Å². The molecule has 19 heavy (non-hydrogen) atoms. The molecule has 0 heterocycles. The van der Waals surface area contributed by atoms with E-state index in [1.165, 1.54) is 24.3 Å². The fourth-order valence-electron chi connectivity index (χ4n) is 1.10. The van der Waals surface area contributed by atoms with Gasteiger partial charge in [-0.05, 0) is 29.8 Å². The molecule has 102 valence electrons. The molecule has 1 rings (SSSR count). The van der Waals surface area contributed by atoms with E-state index in [1.54, 1.807) is 0 Å². The molecular weight excluding hydrogens is 276 g/mol. The van der Waals surface area contributed by atoms with Crippen LogP contribution < -0.4 is 5.32 Å². The van der Waals surface area contributed by atoms with Gasteiger partial charge in [0.25, 0.3) is 10.0 Å². The van der Waals surface area contributed by atoms with Crippen molar-refractivity contribution in [1.82, 2.24) is 0 Å². The van der Waals surface area contributed by atoms with Crippen molar-refractivity contribution in [1.29, 1.82) is 0 Å². The molecule has 0 unspecified atom stereocenters. The zero-order valence-electron chi connectivity index (χ0n) is 9.55. The first kappa shape index (κ1) is 14.8. The summed E-state index contributed by atoms with van der Waals surface area (Å²) in [4.78, 5) is 13.1. The molecule has 10 heteroatoms. The predicted octanol–water partition coefficient (Wildman–Crippen LogP) is 1.23. The summed E-state index contributed by atoms with van der Waals surface area (Å²) < 4.78 is 29.9. The number of nitrogens with zero attached hydrogens (tertiary/aromatic N) is 3. The van der Waals surface area contributed by atoms with Crippen LogP contribution in [-0.4, -0.2) is 32.8 Å². The van der Waals surface area contributed by atoms with Crippen LogP contribution in [0.2, 0.25) is 0 Å². The van der Waals surface area contributed by atoms with E-state index in [2.05, 4.69) is 19.5 Å². The van der Waals surface area contributed by atoms with Crippen LogP contribution in [0.1, 0.15) is 0 Å². The Balaban J connectivity index is 2.77. The first-order valence-electron chi connectivity index (χ1n) is 4.95. The highest BCUT2D eigenvalue weighted by Crippen LogP contribution is 2.16. The largest absolute Gasteiger partial charge is 0.447 e. The molecule has 1 aromatic rings. The highest BCUT2D eigenvalue weighted by atomic mass is 32.2. The number of carbonyl (C=O) groups excluding carboxylic acids is 1. The number of sulfonamides is 1. The van der Waals surface area contributed by atoms with E-state index < -0.39 is 16.1 Å². The van der Waals surface area contributed by atoms with Crippen LogP contribution in [0.3, 0.4) is 0 Å². The molecule has 1 aromatic carbocycles. The lowest BCUT2D eigenvalue weighted by Crippen LogP contribution is -2.15. The Morgan fingerprint density at radius 3 is 2.58 bits per heavy atom. The summed E-state index contributed by atoms with van der Waals surface area (Å²) in [5.41, 5.74) is 8.40. The van der Waals surface area contributed by atoms with Crippen LogP contribution in [0.5, 0.6) is 0 Å². The van der Waals surface area contributed by atoms with Crippen molar-refractivity contribution >= 4 is 21.8 Å². The maximum Gasteiger partial charge on any atom is 0.411 e. The molecule has 0 fully saturated rings. The van der Waals surface area contributed by atoms with Crippen LogP contribution in [-0.2, 0) is 14.8 Å². The third-order valence-corrected chi connectivity index (χ3v) is 3.02. The number of azide groups is 1. The van der Waals surface area contributed by atoms with E-state index in [-0.39, 0.29) is 18.1 Å². The summed E-state index contributed by atoms with van der Waals surface area (Å²) in [5, 5.41) is 10.8. The summed E-state index contributed by atoms with van der Waals surface area (Å²) in [6, 6.07) is 4.96. The van der Waals surface area contributed by atoms with Crippen molar-refractivity contribution in [2.75, 3.05) is 18.5 Å². The second-order valence-electron chi connectivity index (χ2n) is 3.16. The Morgan fingerprint density at radius 2 is 2.05 bits per heavy atom. The van der Waals surface area contributed by atoms with E-state index in [4.69, 9.17) is 10.6 Å². The van der Waals surface area contributed by atoms with Gasteiger partial charge < -0.3 is 9.84 Å². The average molecular weight is 286 g/mol. The number of ether oxygens (including phenoxy) is 1. The fraction of sp³-hybridized carbons (Fsp3) is 0.222. The zero-order chi connectivity index (χ0) is 14.3. The quantitative estimate of drug-likeness (QED) is 0.475. The number of hydrogen-bond acceptors (Lipinski definition) is 5. The number of aliphatic hydroxyl groups is 1. The molecule has 2 N–H and O–H groups in total. The lowest BCUT2D eigenvalue weighted by Gasteiger charge is -2.06. The van der Waals surface area contributed by atoms with E-state index >= 15 is 0 Å². The number of nitrogens with one attached hydrogen (secondary N) is 1. The monoisotopic (exact) mass is 286 g/mol. The van der Waals surface area contributed by atoms with Gasteiger partial charge in [-0.2, -0.15) is 0 Å². The molecule has 9 nitrogen and oxygen atoms in total. The Labute approximate surface area is 108 Å². The van der Waals surface area contributed by atoms with Crippen molar-refractivity contribution in [2.24, 2.45) is 4.52 Å². The van der Waals surface area contributed by atoms with Crippen LogP contribution >= 0.6 is 0 Å². The zero-order valence-corrected chi connectivity index (χ0v) is 10.4. The molecule has 0 bridgehead atoms. The summed E-state index contributed by atoms with van der Waals surface area (Å²) in [5.74, 6) is 0. The lowest BCUT2D eigenvalue weighted by molar-refractivity contribution is 0.131. The van der Waals surface area contributed by atoms with E-state index in [0.717, 1.165) is 0 Å². The van der Waals surface area contributed by atoms with Gasteiger partial charge in [-0.3, -0.25) is 5.32 Å². The molecule has 0 saturated heterocycles. The number of hydrogen-bond donors (Lipinski definition) is 2. The van der Waals surface area contributed by atoms with Gasteiger partial charge in [0.05, 0.1) is 11.5 Å². The van der Waals surface area contributed by atoms with Crippen LogP contribution in [0.25, 0.3) is 10.4 Å². The minimum absolute atomic E-state index is 0.144. The minimum Gasteiger partial charge on any atom is -0.447 e. The molecule has 0 saturated carbocycles. The highest BCUT2D eigenvalue weighted by Gasteiger charge is 2.11. The Hall–Kier alpha value is -2.29. The Kier molecular flexibility index (Phi) is 5.12. The summed E-state index contributed by atoms with van der Waals surface area (Å²) in [7, 11) is -4.04. The van der Waals surface area contributed by atoms with Gasteiger partial charge in [0.15, 0.2) is 0 Å². The summed E-state index contributed by atoms with van der Waals surface area (Å²) in [6.07, 6.45) is -0.778. The van der Waals surface area contributed by atoms with E-state index in [9.17, 15) is 13.2 Å². The maximum atomic E-state index is 11.3. The first-order valence-corrected chi connectivity index (χ1v) is 6.39. The second-order valence-corrected chi connectivity index (χ2v) is 4.74. The first-order chi connectivity index (χ1) is 8.99. The van der Waals surface area contributed by atoms with E-state index in [0.29, 0.717) is 5.69 Å². The lowest BCUT2D eigenvalue weighted by atomic mass is 10.3. The number of carbonyl (C=O) groups is 1. The Morgan fingerprint density at radius 1 is 1.42 bits per heavy atom. The SMILES string of the molecule is [N-]=[N+]=NS(=O)(=O)c1ccc(NC(=O)OCCO)cc1. The van der Waals surface area contributed by atoms with Gasteiger partial charge in [0.2, 0.25) is 0 Å². The van der Waals surface area contributed by atoms with Crippen LogP contribution in [0, 0.1) is 0 Å². The predicted molar refractivity (Wildman–Crippen MR) is 64.8 cm³/mol. The van der Waals surface area contributed by atoms with E-state index in [1.807, 2.05) is 0 Å². The smallest absolute Gasteiger partial charge is 0.411 e. The normalized spacial score (nSPS) is 10.4. The van der Waals surface area contributed by atoms with Gasteiger partial charge in [0.1, 0.15) is 6.61 Å². The molecule has 0 spiro atoms. The van der Waals surface area contributed by atoms with Gasteiger partial charge in [-0.1, -0.05) is 0 Å². The summed E-state index contributed by atoms with van der Waals surface area (Å²) >= 11 is 0. The topological polar surface area (TPSA) is 141 Å². The van der Waals surface area contributed by atoms with Crippen LogP contribution in [0.4, 0.5) is 10.5 Å². The van der Waals surface area contributed by atoms with Crippen molar-refractivity contribution in [3.8, 4) is 0 Å².